The van der Waals surface area contributed by atoms with Crippen molar-refractivity contribution in [2.45, 2.75) is 30.7 Å². The molecule has 1 saturated heterocycles. The predicted molar refractivity (Wildman–Crippen MR) is 71.4 cm³/mol. The average Bonchev–Trinajstić information content (AvgIpc) is 2.61. The van der Waals surface area contributed by atoms with E-state index in [-0.39, 0.29) is 23.3 Å². The van der Waals surface area contributed by atoms with Crippen LogP contribution < -0.4 is 10.0 Å². The van der Waals surface area contributed by atoms with Crippen LogP contribution in [0.25, 0.3) is 0 Å². The van der Waals surface area contributed by atoms with E-state index in [9.17, 15) is 8.42 Å². The minimum absolute atomic E-state index is 0. The highest BCUT2D eigenvalue weighted by atomic mass is 35.5. The molecule has 0 amide bonds. The fourth-order valence-corrected chi connectivity index (χ4v) is 3.45. The molecule has 0 aliphatic carbocycles. The molecule has 1 aromatic heterocycles. The second kappa shape index (κ2) is 6.01. The number of nitrogens with zero attached hydrogens (tertiary/aromatic N) is 2. The largest absolute Gasteiger partial charge is 0.315 e. The van der Waals surface area contributed by atoms with E-state index >= 15 is 0 Å². The zero-order valence-corrected chi connectivity index (χ0v) is 12.1. The summed E-state index contributed by atoms with van der Waals surface area (Å²) >= 11 is 0. The minimum Gasteiger partial charge on any atom is -0.315 e. The number of rotatable bonds is 3. The monoisotopic (exact) mass is 294 g/mol. The Morgan fingerprint density at radius 2 is 2.28 bits per heavy atom. The van der Waals surface area contributed by atoms with Crippen LogP contribution in [-0.4, -0.2) is 37.3 Å². The number of sulfonamides is 1. The highest BCUT2D eigenvalue weighted by molar-refractivity contribution is 7.89. The number of piperidine rings is 1. The smallest absolute Gasteiger partial charge is 0.244 e. The first-order chi connectivity index (χ1) is 8.00. The maximum atomic E-state index is 12.1. The Morgan fingerprint density at radius 1 is 1.56 bits per heavy atom. The molecule has 0 unspecified atom stereocenters. The first-order valence-electron chi connectivity index (χ1n) is 5.72. The summed E-state index contributed by atoms with van der Waals surface area (Å²) in [5.41, 5.74) is 0.654. The van der Waals surface area contributed by atoms with Crippen LogP contribution in [0.15, 0.2) is 11.1 Å². The van der Waals surface area contributed by atoms with Crippen molar-refractivity contribution >= 4 is 22.4 Å². The van der Waals surface area contributed by atoms with Gasteiger partial charge < -0.3 is 5.32 Å². The molecule has 2 rings (SSSR count). The van der Waals surface area contributed by atoms with E-state index in [1.165, 1.54) is 6.20 Å². The number of nitrogens with one attached hydrogen (secondary N) is 2. The molecule has 1 aromatic rings. The van der Waals surface area contributed by atoms with Crippen molar-refractivity contribution in [3.63, 3.8) is 0 Å². The molecule has 8 heteroatoms. The summed E-state index contributed by atoms with van der Waals surface area (Å²) in [6.45, 7) is 3.41. The molecule has 104 valence electrons. The normalized spacial score (nSPS) is 20.4. The topological polar surface area (TPSA) is 76.0 Å². The third-order valence-corrected chi connectivity index (χ3v) is 4.72. The van der Waals surface area contributed by atoms with Crippen LogP contribution in [0.5, 0.6) is 0 Å². The van der Waals surface area contributed by atoms with Gasteiger partial charge in [-0.1, -0.05) is 0 Å². The fraction of sp³-hybridized carbons (Fsp3) is 0.700. The third-order valence-electron chi connectivity index (χ3n) is 3.10. The Hall–Kier alpha value is -0.630. The molecule has 0 aromatic carbocycles. The summed E-state index contributed by atoms with van der Waals surface area (Å²) in [5, 5.41) is 7.14. The van der Waals surface area contributed by atoms with E-state index in [2.05, 4.69) is 15.1 Å². The maximum absolute atomic E-state index is 12.1. The van der Waals surface area contributed by atoms with Gasteiger partial charge in [-0.25, -0.2) is 13.1 Å². The van der Waals surface area contributed by atoms with E-state index in [0.29, 0.717) is 12.2 Å². The SMILES string of the molecule is Cc1c(S(=O)(=O)N[C@H]2CCCNC2)cnn1C.Cl. The van der Waals surface area contributed by atoms with E-state index < -0.39 is 10.0 Å². The molecule has 1 fully saturated rings. The highest BCUT2D eigenvalue weighted by Crippen LogP contribution is 2.14. The summed E-state index contributed by atoms with van der Waals surface area (Å²) in [4.78, 5) is 0.269. The van der Waals surface area contributed by atoms with Gasteiger partial charge in [0.2, 0.25) is 10.0 Å². The molecular weight excluding hydrogens is 276 g/mol. The van der Waals surface area contributed by atoms with Crippen molar-refractivity contribution in [1.29, 1.82) is 0 Å². The van der Waals surface area contributed by atoms with Gasteiger partial charge in [-0.3, -0.25) is 4.68 Å². The third kappa shape index (κ3) is 3.23. The van der Waals surface area contributed by atoms with Crippen molar-refractivity contribution in [3.05, 3.63) is 11.9 Å². The minimum atomic E-state index is -3.44. The zero-order valence-electron chi connectivity index (χ0n) is 10.5. The lowest BCUT2D eigenvalue weighted by atomic mass is 10.1. The van der Waals surface area contributed by atoms with Crippen molar-refractivity contribution in [1.82, 2.24) is 19.8 Å². The van der Waals surface area contributed by atoms with Crippen molar-refractivity contribution in [2.75, 3.05) is 13.1 Å². The molecule has 2 heterocycles. The molecule has 1 aliphatic rings. The molecule has 1 atom stereocenters. The Labute approximate surface area is 114 Å². The summed E-state index contributed by atoms with van der Waals surface area (Å²) < 4.78 is 28.6. The maximum Gasteiger partial charge on any atom is 0.244 e. The standard InChI is InChI=1S/C10H18N4O2S.ClH/c1-8-10(7-12-14(8)2)17(15,16)13-9-4-3-5-11-6-9;/h7,9,11,13H,3-6H2,1-2H3;1H/t9-;/m0./s1. The number of halogens is 1. The van der Waals surface area contributed by atoms with Crippen molar-refractivity contribution in [2.24, 2.45) is 7.05 Å². The van der Waals surface area contributed by atoms with Crippen LogP contribution in [0.2, 0.25) is 0 Å². The number of aromatic nitrogens is 2. The summed E-state index contributed by atoms with van der Waals surface area (Å²) in [7, 11) is -1.71. The fourth-order valence-electron chi connectivity index (χ4n) is 1.98. The molecular formula is C10H19ClN4O2S. The highest BCUT2D eigenvalue weighted by Gasteiger charge is 2.24. The predicted octanol–water partition coefficient (Wildman–Crippen LogP) is 0.181. The van der Waals surface area contributed by atoms with E-state index in [1.807, 2.05) is 0 Å². The quantitative estimate of drug-likeness (QED) is 0.834. The molecule has 0 saturated carbocycles. The lowest BCUT2D eigenvalue weighted by Gasteiger charge is -2.23. The molecule has 18 heavy (non-hydrogen) atoms. The van der Waals surface area contributed by atoms with E-state index in [4.69, 9.17) is 0 Å². The van der Waals surface area contributed by atoms with Crippen LogP contribution in [0.4, 0.5) is 0 Å². The second-order valence-electron chi connectivity index (χ2n) is 4.38. The van der Waals surface area contributed by atoms with Gasteiger partial charge in [-0.15, -0.1) is 12.4 Å². The lowest BCUT2D eigenvalue weighted by Crippen LogP contribution is -2.45. The van der Waals surface area contributed by atoms with Gasteiger partial charge >= 0.3 is 0 Å². The Morgan fingerprint density at radius 3 is 2.78 bits per heavy atom. The molecule has 0 radical (unpaired) electrons. The zero-order chi connectivity index (χ0) is 12.5. The van der Waals surface area contributed by atoms with Crippen molar-refractivity contribution < 1.29 is 8.42 Å². The van der Waals surface area contributed by atoms with Crippen LogP contribution in [-0.2, 0) is 17.1 Å². The second-order valence-corrected chi connectivity index (χ2v) is 6.06. The number of hydrogen-bond acceptors (Lipinski definition) is 4. The lowest BCUT2D eigenvalue weighted by molar-refractivity contribution is 0.428. The van der Waals surface area contributed by atoms with Crippen LogP contribution in [0, 0.1) is 6.92 Å². The van der Waals surface area contributed by atoms with Crippen LogP contribution in [0.3, 0.4) is 0 Å². The van der Waals surface area contributed by atoms with Gasteiger partial charge in [-0.05, 0) is 26.3 Å². The van der Waals surface area contributed by atoms with Crippen LogP contribution in [0.1, 0.15) is 18.5 Å². The van der Waals surface area contributed by atoms with Gasteiger partial charge in [0.15, 0.2) is 0 Å². The Kier molecular flexibility index (Phi) is 5.15. The van der Waals surface area contributed by atoms with Gasteiger partial charge in [-0.2, -0.15) is 5.10 Å². The first kappa shape index (κ1) is 15.4. The van der Waals surface area contributed by atoms with Gasteiger partial charge in [0.05, 0.1) is 11.9 Å². The summed E-state index contributed by atoms with van der Waals surface area (Å²) in [6.07, 6.45) is 3.28. The van der Waals surface area contributed by atoms with Gasteiger partial charge in [0.1, 0.15) is 4.90 Å². The molecule has 6 nitrogen and oxygen atoms in total. The van der Waals surface area contributed by atoms with Gasteiger partial charge in [0, 0.05) is 19.6 Å². The molecule has 0 bridgehead atoms. The molecule has 2 N–H and O–H groups in total. The van der Waals surface area contributed by atoms with E-state index in [0.717, 1.165) is 19.4 Å². The van der Waals surface area contributed by atoms with Crippen molar-refractivity contribution in [3.8, 4) is 0 Å². The number of aryl methyl sites for hydroxylation is 1. The van der Waals surface area contributed by atoms with Crippen LogP contribution >= 0.6 is 12.4 Å². The average molecular weight is 295 g/mol. The molecule has 0 spiro atoms. The summed E-state index contributed by atoms with van der Waals surface area (Å²) in [5.74, 6) is 0. The Balaban J connectivity index is 0.00000162. The Bertz CT molecular complexity index is 494. The molecule has 1 aliphatic heterocycles. The van der Waals surface area contributed by atoms with E-state index in [1.54, 1.807) is 18.7 Å². The van der Waals surface area contributed by atoms with Gasteiger partial charge in [0.25, 0.3) is 0 Å². The number of hydrogen-bond donors (Lipinski definition) is 2. The first-order valence-corrected chi connectivity index (χ1v) is 7.20. The summed E-state index contributed by atoms with van der Waals surface area (Å²) in [6, 6.07) is -0.0200.